The Morgan fingerprint density at radius 3 is 2.51 bits per heavy atom. The summed E-state index contributed by atoms with van der Waals surface area (Å²) in [6, 6.07) is 4.19. The lowest BCUT2D eigenvalue weighted by atomic mass is 10.1. The van der Waals surface area contributed by atoms with E-state index in [1.165, 1.54) is 6.07 Å². The lowest BCUT2D eigenvalue weighted by molar-refractivity contribution is -0.141. The minimum absolute atomic E-state index is 0.265. The third-order valence-electron chi connectivity index (χ3n) is 5.78. The molecule has 35 heavy (non-hydrogen) atoms. The molecule has 5 heterocycles. The minimum atomic E-state index is -4.53. The lowest BCUT2D eigenvalue weighted by Crippen LogP contribution is -2.39. The number of aromatic nitrogens is 7. The number of alkyl halides is 3. The third-order valence-corrected chi connectivity index (χ3v) is 5.78. The van der Waals surface area contributed by atoms with Crippen LogP contribution in [0.3, 0.4) is 0 Å². The molecule has 4 aromatic heterocycles. The Bertz CT molecular complexity index is 1390. The van der Waals surface area contributed by atoms with E-state index in [0.717, 1.165) is 23.5 Å². The number of hydrogen-bond acceptors (Lipinski definition) is 9. The zero-order valence-corrected chi connectivity index (χ0v) is 19.2. The van der Waals surface area contributed by atoms with Gasteiger partial charge in [0, 0.05) is 23.9 Å². The van der Waals surface area contributed by atoms with Gasteiger partial charge in [-0.2, -0.15) is 28.4 Å². The van der Waals surface area contributed by atoms with Crippen LogP contribution in [0.25, 0.3) is 22.4 Å². The standard InChI is InChI=1S/C23H21F3N8O/c1-12-8-16(10-28-33-12)17-11-34(6-7-35-17)22-31-19(15-4-5-18(27-9-15)23(24,25)26)20-21(32-22)30-14(3)13(2)29-20/h4-5,8-10,17H,6-7,11H2,1-3H3. The molecular formula is C23H21F3N8O. The second-order valence-electron chi connectivity index (χ2n) is 8.30. The molecule has 0 saturated carbocycles. The number of hydrogen-bond donors (Lipinski definition) is 0. The molecule has 5 rings (SSSR count). The topological polar surface area (TPSA) is 103 Å². The molecule has 180 valence electrons. The van der Waals surface area contributed by atoms with Gasteiger partial charge in [-0.25, -0.2) is 15.0 Å². The van der Waals surface area contributed by atoms with Crippen molar-refractivity contribution < 1.29 is 17.9 Å². The first kappa shape index (κ1) is 23.0. The molecule has 0 N–H and O–H groups in total. The summed E-state index contributed by atoms with van der Waals surface area (Å²) < 4.78 is 45.1. The van der Waals surface area contributed by atoms with Crippen molar-refractivity contribution in [2.45, 2.75) is 33.1 Å². The first-order valence-electron chi connectivity index (χ1n) is 10.9. The molecule has 9 nitrogen and oxygen atoms in total. The molecule has 0 aliphatic carbocycles. The maximum absolute atomic E-state index is 13.0. The Morgan fingerprint density at radius 1 is 1.00 bits per heavy atom. The predicted molar refractivity (Wildman–Crippen MR) is 121 cm³/mol. The number of morpholine rings is 1. The maximum atomic E-state index is 13.0. The number of rotatable bonds is 3. The van der Waals surface area contributed by atoms with Gasteiger partial charge in [-0.05, 0) is 39.0 Å². The van der Waals surface area contributed by atoms with E-state index in [9.17, 15) is 13.2 Å². The summed E-state index contributed by atoms with van der Waals surface area (Å²) in [4.78, 5) is 24.1. The highest BCUT2D eigenvalue weighted by Crippen LogP contribution is 2.32. The number of nitrogens with zero attached hydrogens (tertiary/aromatic N) is 8. The predicted octanol–water partition coefficient (Wildman–Crippen LogP) is 3.79. The Labute approximate surface area is 198 Å². The largest absolute Gasteiger partial charge is 0.433 e. The molecule has 0 amide bonds. The van der Waals surface area contributed by atoms with Crippen LogP contribution in [-0.2, 0) is 10.9 Å². The van der Waals surface area contributed by atoms with Crippen molar-refractivity contribution in [3.05, 3.63) is 58.9 Å². The smallest absolute Gasteiger partial charge is 0.370 e. The third kappa shape index (κ3) is 4.61. The van der Waals surface area contributed by atoms with Gasteiger partial charge >= 0.3 is 6.18 Å². The van der Waals surface area contributed by atoms with E-state index >= 15 is 0 Å². The second kappa shape index (κ2) is 8.77. The molecule has 1 fully saturated rings. The summed E-state index contributed by atoms with van der Waals surface area (Å²) in [5, 5.41) is 8.00. The molecule has 0 radical (unpaired) electrons. The molecule has 4 aromatic rings. The average molecular weight is 482 g/mol. The minimum Gasteiger partial charge on any atom is -0.370 e. The Balaban J connectivity index is 1.58. The summed E-state index contributed by atoms with van der Waals surface area (Å²) in [5.74, 6) is 0.386. The number of aryl methyl sites for hydroxylation is 3. The van der Waals surface area contributed by atoms with Gasteiger partial charge in [0.2, 0.25) is 5.95 Å². The molecule has 1 saturated heterocycles. The first-order valence-corrected chi connectivity index (χ1v) is 10.9. The van der Waals surface area contributed by atoms with Gasteiger partial charge in [-0.3, -0.25) is 4.98 Å². The van der Waals surface area contributed by atoms with E-state index in [1.54, 1.807) is 6.20 Å². The average Bonchev–Trinajstić information content (AvgIpc) is 2.84. The van der Waals surface area contributed by atoms with Gasteiger partial charge in [0.1, 0.15) is 23.0 Å². The maximum Gasteiger partial charge on any atom is 0.433 e. The van der Waals surface area contributed by atoms with Gasteiger partial charge in [0.05, 0.1) is 36.4 Å². The number of pyridine rings is 1. The molecule has 1 aliphatic rings. The summed E-state index contributed by atoms with van der Waals surface area (Å²) >= 11 is 0. The van der Waals surface area contributed by atoms with Crippen molar-refractivity contribution in [3.63, 3.8) is 0 Å². The van der Waals surface area contributed by atoms with Crippen LogP contribution in [0.4, 0.5) is 19.1 Å². The Morgan fingerprint density at radius 2 is 1.80 bits per heavy atom. The van der Waals surface area contributed by atoms with Gasteiger partial charge in [0.25, 0.3) is 0 Å². The SMILES string of the molecule is Cc1cc(C2CN(c3nc(-c4ccc(C(F)(F)F)nc4)c4nc(C)c(C)nc4n3)CCO2)cnn1. The Hall–Kier alpha value is -3.80. The van der Waals surface area contributed by atoms with Crippen LogP contribution < -0.4 is 4.90 Å². The van der Waals surface area contributed by atoms with Crippen molar-refractivity contribution in [2.24, 2.45) is 0 Å². The number of ether oxygens (including phenoxy) is 1. The molecule has 0 bridgehead atoms. The molecule has 1 unspecified atom stereocenters. The van der Waals surface area contributed by atoms with Crippen LogP contribution in [0.15, 0.2) is 30.6 Å². The molecule has 12 heteroatoms. The van der Waals surface area contributed by atoms with Crippen molar-refractivity contribution in [1.82, 2.24) is 35.1 Å². The fourth-order valence-corrected chi connectivity index (χ4v) is 3.85. The van der Waals surface area contributed by atoms with Crippen LogP contribution in [0.2, 0.25) is 0 Å². The van der Waals surface area contributed by atoms with Gasteiger partial charge < -0.3 is 9.64 Å². The van der Waals surface area contributed by atoms with Crippen LogP contribution in [0.1, 0.15) is 34.4 Å². The summed E-state index contributed by atoms with van der Waals surface area (Å²) in [7, 11) is 0. The Kier molecular flexibility index (Phi) is 5.75. The summed E-state index contributed by atoms with van der Waals surface area (Å²) in [5.41, 5.74) is 3.60. The van der Waals surface area contributed by atoms with E-state index < -0.39 is 11.9 Å². The van der Waals surface area contributed by atoms with Crippen LogP contribution >= 0.6 is 0 Å². The highest BCUT2D eigenvalue weighted by atomic mass is 19.4. The molecule has 1 atom stereocenters. The highest BCUT2D eigenvalue weighted by molar-refractivity contribution is 5.87. The van der Waals surface area contributed by atoms with Gasteiger partial charge in [0.15, 0.2) is 5.65 Å². The van der Waals surface area contributed by atoms with Gasteiger partial charge in [-0.15, -0.1) is 0 Å². The van der Waals surface area contributed by atoms with Crippen LogP contribution in [0, 0.1) is 20.8 Å². The van der Waals surface area contributed by atoms with E-state index in [1.807, 2.05) is 31.7 Å². The normalized spacial score (nSPS) is 16.6. The molecular weight excluding hydrogens is 461 g/mol. The zero-order valence-electron chi connectivity index (χ0n) is 19.2. The van der Waals surface area contributed by atoms with Crippen molar-refractivity contribution in [1.29, 1.82) is 0 Å². The van der Waals surface area contributed by atoms with E-state index in [4.69, 9.17) is 9.72 Å². The lowest BCUT2D eigenvalue weighted by Gasteiger charge is -2.33. The first-order chi connectivity index (χ1) is 16.7. The fraction of sp³-hybridized carbons (Fsp3) is 0.348. The zero-order chi connectivity index (χ0) is 24.7. The number of fused-ring (bicyclic) bond motifs is 1. The van der Waals surface area contributed by atoms with Gasteiger partial charge in [-0.1, -0.05) is 0 Å². The summed E-state index contributed by atoms with van der Waals surface area (Å²) in [6.45, 7) is 6.91. The summed E-state index contributed by atoms with van der Waals surface area (Å²) in [6.07, 6.45) is -1.98. The second-order valence-corrected chi connectivity index (χ2v) is 8.30. The van der Waals surface area contributed by atoms with E-state index in [0.29, 0.717) is 59.5 Å². The molecule has 0 spiro atoms. The monoisotopic (exact) mass is 482 g/mol. The number of halogens is 3. The highest BCUT2D eigenvalue weighted by Gasteiger charge is 2.32. The number of anilines is 1. The van der Waals surface area contributed by atoms with E-state index in [2.05, 4.69) is 30.1 Å². The molecule has 0 aromatic carbocycles. The van der Waals surface area contributed by atoms with Crippen molar-refractivity contribution in [2.75, 3.05) is 24.6 Å². The van der Waals surface area contributed by atoms with Crippen molar-refractivity contribution >= 4 is 17.1 Å². The van der Waals surface area contributed by atoms with E-state index in [-0.39, 0.29) is 6.10 Å². The van der Waals surface area contributed by atoms with Crippen LogP contribution in [0.5, 0.6) is 0 Å². The van der Waals surface area contributed by atoms with Crippen LogP contribution in [-0.4, -0.2) is 54.8 Å². The molecule has 1 aliphatic heterocycles. The quantitative estimate of drug-likeness (QED) is 0.431. The fourth-order valence-electron chi connectivity index (χ4n) is 3.85. The van der Waals surface area contributed by atoms with Crippen molar-refractivity contribution in [3.8, 4) is 11.3 Å².